The van der Waals surface area contributed by atoms with Crippen molar-refractivity contribution in [1.29, 1.82) is 0 Å². The van der Waals surface area contributed by atoms with E-state index in [1.54, 1.807) is 6.92 Å². The lowest BCUT2D eigenvalue weighted by Crippen LogP contribution is -2.12. The Morgan fingerprint density at radius 2 is 2.29 bits per heavy atom. The van der Waals surface area contributed by atoms with Gasteiger partial charge in [0.2, 0.25) is 5.13 Å². The maximum atomic E-state index is 12.9. The van der Waals surface area contributed by atoms with Crippen LogP contribution in [0.4, 0.5) is 9.52 Å². The Kier molecular flexibility index (Phi) is 3.49. The number of rotatable bonds is 2. The number of hydrogen-bond acceptors (Lipinski definition) is 4. The zero-order chi connectivity index (χ0) is 12.4. The molecule has 0 saturated heterocycles. The molecule has 1 aromatic carbocycles. The highest BCUT2D eigenvalue weighted by Gasteiger charge is 2.12. The maximum Gasteiger partial charge on any atom is 0.258 e. The quantitative estimate of drug-likeness (QED) is 0.926. The van der Waals surface area contributed by atoms with E-state index >= 15 is 0 Å². The molecular formula is C10H7BrFN3OS. The summed E-state index contributed by atoms with van der Waals surface area (Å²) in [6.45, 7) is 1.74. The molecule has 88 valence electrons. The van der Waals surface area contributed by atoms with Gasteiger partial charge in [-0.3, -0.25) is 10.1 Å². The molecule has 0 aliphatic rings. The van der Waals surface area contributed by atoms with Crippen LogP contribution < -0.4 is 5.32 Å². The number of carbonyl (C=O) groups excluding carboxylic acids is 1. The van der Waals surface area contributed by atoms with Gasteiger partial charge < -0.3 is 0 Å². The van der Waals surface area contributed by atoms with Crippen molar-refractivity contribution < 1.29 is 9.18 Å². The van der Waals surface area contributed by atoms with Crippen LogP contribution in [0.1, 0.15) is 16.2 Å². The summed E-state index contributed by atoms with van der Waals surface area (Å²) in [4.78, 5) is 15.8. The first-order chi connectivity index (χ1) is 8.06. The average molecular weight is 316 g/mol. The van der Waals surface area contributed by atoms with Crippen LogP contribution in [0, 0.1) is 12.7 Å². The van der Waals surface area contributed by atoms with Crippen molar-refractivity contribution in [1.82, 2.24) is 9.36 Å². The van der Waals surface area contributed by atoms with E-state index in [9.17, 15) is 9.18 Å². The topological polar surface area (TPSA) is 54.9 Å². The lowest BCUT2D eigenvalue weighted by molar-refractivity contribution is 0.102. The Balaban J connectivity index is 2.20. The van der Waals surface area contributed by atoms with Crippen molar-refractivity contribution in [3.05, 3.63) is 39.9 Å². The molecule has 1 N–H and O–H groups in total. The molecule has 0 fully saturated rings. The molecule has 0 atom stereocenters. The Morgan fingerprint density at radius 3 is 2.88 bits per heavy atom. The second kappa shape index (κ2) is 4.89. The van der Waals surface area contributed by atoms with Crippen LogP contribution in [0.3, 0.4) is 0 Å². The van der Waals surface area contributed by atoms with Crippen molar-refractivity contribution in [3.8, 4) is 0 Å². The monoisotopic (exact) mass is 315 g/mol. The number of halogens is 2. The summed E-state index contributed by atoms with van der Waals surface area (Å²) >= 11 is 4.23. The largest absolute Gasteiger partial charge is 0.297 e. The van der Waals surface area contributed by atoms with Gasteiger partial charge in [0.25, 0.3) is 5.91 Å². The Labute approximate surface area is 109 Å². The predicted octanol–water partition coefficient (Wildman–Crippen LogP) is 3.00. The van der Waals surface area contributed by atoms with Crippen molar-refractivity contribution in [3.63, 3.8) is 0 Å². The Morgan fingerprint density at radius 1 is 1.53 bits per heavy atom. The molecule has 0 aliphatic carbocycles. The SMILES string of the molecule is Cc1nsc(NC(=O)c2ccc(F)cc2Br)n1. The fraction of sp³-hybridized carbons (Fsp3) is 0.100. The van der Waals surface area contributed by atoms with Gasteiger partial charge >= 0.3 is 0 Å². The summed E-state index contributed by atoms with van der Waals surface area (Å²) in [5.41, 5.74) is 0.347. The molecule has 0 aliphatic heterocycles. The molecule has 2 aromatic rings. The van der Waals surface area contributed by atoms with Crippen LogP contribution in [0.5, 0.6) is 0 Å². The summed E-state index contributed by atoms with van der Waals surface area (Å²) in [5, 5.41) is 3.01. The molecule has 2 rings (SSSR count). The van der Waals surface area contributed by atoms with E-state index in [4.69, 9.17) is 0 Å². The first-order valence-corrected chi connectivity index (χ1v) is 6.19. The number of aromatic nitrogens is 2. The highest BCUT2D eigenvalue weighted by molar-refractivity contribution is 9.10. The number of nitrogens with zero attached hydrogens (tertiary/aromatic N) is 2. The number of nitrogens with one attached hydrogen (secondary N) is 1. The number of amides is 1. The number of anilines is 1. The third kappa shape index (κ3) is 2.86. The molecule has 17 heavy (non-hydrogen) atoms. The second-order valence-corrected chi connectivity index (χ2v) is 4.83. The second-order valence-electron chi connectivity index (χ2n) is 3.23. The van der Waals surface area contributed by atoms with Gasteiger partial charge in [-0.1, -0.05) is 0 Å². The van der Waals surface area contributed by atoms with Crippen LogP contribution >= 0.6 is 27.5 Å². The van der Waals surface area contributed by atoms with Gasteiger partial charge in [0.1, 0.15) is 11.6 Å². The van der Waals surface area contributed by atoms with Crippen LogP contribution in [0.15, 0.2) is 22.7 Å². The maximum absolute atomic E-state index is 12.9. The van der Waals surface area contributed by atoms with Crippen LogP contribution in [0.25, 0.3) is 0 Å². The van der Waals surface area contributed by atoms with Crippen LogP contribution in [0.2, 0.25) is 0 Å². The standard InChI is InChI=1S/C10H7BrFN3OS/c1-5-13-10(17-15-5)14-9(16)7-3-2-6(12)4-8(7)11/h2-4H,1H3,(H,13,14,15,16). The average Bonchev–Trinajstić information content (AvgIpc) is 2.63. The van der Waals surface area contributed by atoms with Gasteiger partial charge in [-0.25, -0.2) is 9.37 Å². The van der Waals surface area contributed by atoms with Crippen LogP contribution in [-0.2, 0) is 0 Å². The van der Waals surface area contributed by atoms with E-state index in [0.29, 0.717) is 21.0 Å². The molecule has 4 nitrogen and oxygen atoms in total. The summed E-state index contributed by atoms with van der Waals surface area (Å²) < 4.78 is 17.2. The number of carbonyl (C=O) groups is 1. The third-order valence-corrected chi connectivity index (χ3v) is 3.30. The predicted molar refractivity (Wildman–Crippen MR) is 66.7 cm³/mol. The number of aryl methyl sites for hydroxylation is 1. The molecule has 7 heteroatoms. The number of hydrogen-bond donors (Lipinski definition) is 1. The highest BCUT2D eigenvalue weighted by atomic mass is 79.9. The Hall–Kier alpha value is -1.34. The molecular weight excluding hydrogens is 309 g/mol. The molecule has 1 aromatic heterocycles. The minimum atomic E-state index is -0.403. The van der Waals surface area contributed by atoms with E-state index in [1.165, 1.54) is 18.2 Å². The lowest BCUT2D eigenvalue weighted by atomic mass is 10.2. The molecule has 0 unspecified atom stereocenters. The number of benzene rings is 1. The zero-order valence-electron chi connectivity index (χ0n) is 8.70. The van der Waals surface area contributed by atoms with Gasteiger partial charge in [0.05, 0.1) is 5.56 Å². The summed E-state index contributed by atoms with van der Waals surface area (Å²) in [7, 11) is 0. The van der Waals surface area contributed by atoms with Crippen molar-refractivity contribution in [2.75, 3.05) is 5.32 Å². The molecule has 0 spiro atoms. The van der Waals surface area contributed by atoms with Gasteiger partial charge in [-0.2, -0.15) is 4.37 Å². The Bertz CT molecular complexity index is 572. The van der Waals surface area contributed by atoms with Crippen molar-refractivity contribution in [2.45, 2.75) is 6.92 Å². The van der Waals surface area contributed by atoms with E-state index in [2.05, 4.69) is 30.6 Å². The first kappa shape index (κ1) is 12.1. The van der Waals surface area contributed by atoms with E-state index in [-0.39, 0.29) is 5.91 Å². The summed E-state index contributed by atoms with van der Waals surface area (Å²) in [6.07, 6.45) is 0. The minimum Gasteiger partial charge on any atom is -0.297 e. The van der Waals surface area contributed by atoms with Gasteiger partial charge in [-0.05, 0) is 41.1 Å². The van der Waals surface area contributed by atoms with Gasteiger partial charge in [0.15, 0.2) is 0 Å². The normalized spacial score (nSPS) is 10.3. The van der Waals surface area contributed by atoms with Crippen molar-refractivity contribution >= 4 is 38.5 Å². The summed E-state index contributed by atoms with van der Waals surface area (Å²) in [6, 6.07) is 3.87. The zero-order valence-corrected chi connectivity index (χ0v) is 11.1. The molecule has 0 saturated carbocycles. The summed E-state index contributed by atoms with van der Waals surface area (Å²) in [5.74, 6) is -0.156. The van der Waals surface area contributed by atoms with E-state index < -0.39 is 5.82 Å². The molecule has 1 amide bonds. The fourth-order valence-corrected chi connectivity index (χ4v) is 2.29. The smallest absolute Gasteiger partial charge is 0.258 e. The molecule has 0 radical (unpaired) electrons. The first-order valence-electron chi connectivity index (χ1n) is 4.63. The van der Waals surface area contributed by atoms with Gasteiger partial charge in [0, 0.05) is 16.0 Å². The molecule has 0 bridgehead atoms. The lowest BCUT2D eigenvalue weighted by Gasteiger charge is -2.03. The fourth-order valence-electron chi connectivity index (χ4n) is 1.19. The highest BCUT2D eigenvalue weighted by Crippen LogP contribution is 2.20. The van der Waals surface area contributed by atoms with E-state index in [0.717, 1.165) is 11.5 Å². The van der Waals surface area contributed by atoms with Crippen LogP contribution in [-0.4, -0.2) is 15.3 Å². The van der Waals surface area contributed by atoms with Gasteiger partial charge in [-0.15, -0.1) is 0 Å². The third-order valence-electron chi connectivity index (χ3n) is 1.92. The van der Waals surface area contributed by atoms with E-state index in [1.807, 2.05) is 0 Å². The minimum absolute atomic E-state index is 0.347. The molecule has 1 heterocycles. The van der Waals surface area contributed by atoms with Crippen molar-refractivity contribution in [2.24, 2.45) is 0 Å².